The third-order valence-corrected chi connectivity index (χ3v) is 4.95. The molecule has 0 saturated carbocycles. The molecule has 26 heavy (non-hydrogen) atoms. The minimum Gasteiger partial charge on any atom is -0.484 e. The maximum Gasteiger partial charge on any atom is 0.262 e. The minimum absolute atomic E-state index is 0.0701. The quantitative estimate of drug-likeness (QED) is 0.655. The van der Waals surface area contributed by atoms with Gasteiger partial charge in [0.05, 0.1) is 10.6 Å². The van der Waals surface area contributed by atoms with Crippen molar-refractivity contribution in [2.45, 2.75) is 24.7 Å². The molecular formula is C18H21FN2O4S. The van der Waals surface area contributed by atoms with Crippen LogP contribution < -0.4 is 14.8 Å². The normalized spacial score (nSPS) is 11.2. The first-order valence-electron chi connectivity index (χ1n) is 8.19. The molecule has 1 amide bonds. The lowest BCUT2D eigenvalue weighted by atomic mass is 10.3. The van der Waals surface area contributed by atoms with Crippen LogP contribution in [0, 0.1) is 5.82 Å². The van der Waals surface area contributed by atoms with E-state index in [0.717, 1.165) is 12.8 Å². The lowest BCUT2D eigenvalue weighted by Gasteiger charge is -2.09. The number of unbranched alkanes of at least 4 members (excludes halogenated alkanes) is 1. The number of sulfonamides is 1. The summed E-state index contributed by atoms with van der Waals surface area (Å²) in [6, 6.07) is 11.5. The van der Waals surface area contributed by atoms with E-state index in [4.69, 9.17) is 4.74 Å². The molecule has 0 spiro atoms. The van der Waals surface area contributed by atoms with Gasteiger partial charge in [-0.05, 0) is 42.8 Å². The zero-order valence-electron chi connectivity index (χ0n) is 14.4. The van der Waals surface area contributed by atoms with Crippen molar-refractivity contribution in [1.82, 2.24) is 4.72 Å². The summed E-state index contributed by atoms with van der Waals surface area (Å²) in [5.74, 6) is -0.722. The SMILES string of the molecule is CCCCNS(=O)(=O)c1ccc(OCC(=O)Nc2ccccc2F)cc1. The van der Waals surface area contributed by atoms with Crippen molar-refractivity contribution in [2.24, 2.45) is 0 Å². The second-order valence-electron chi connectivity index (χ2n) is 5.54. The van der Waals surface area contributed by atoms with Crippen LogP contribution in [0.15, 0.2) is 53.4 Å². The summed E-state index contributed by atoms with van der Waals surface area (Å²) in [6.45, 7) is 2.03. The van der Waals surface area contributed by atoms with Crippen LogP contribution in [-0.2, 0) is 14.8 Å². The highest BCUT2D eigenvalue weighted by atomic mass is 32.2. The number of hydrogen-bond donors (Lipinski definition) is 2. The first-order chi connectivity index (χ1) is 12.4. The lowest BCUT2D eigenvalue weighted by Crippen LogP contribution is -2.24. The van der Waals surface area contributed by atoms with E-state index in [2.05, 4.69) is 10.0 Å². The van der Waals surface area contributed by atoms with E-state index in [-0.39, 0.29) is 17.2 Å². The van der Waals surface area contributed by atoms with Crippen LogP contribution in [0.1, 0.15) is 19.8 Å². The van der Waals surface area contributed by atoms with Gasteiger partial charge in [0.2, 0.25) is 10.0 Å². The fourth-order valence-corrected chi connectivity index (χ4v) is 3.15. The third kappa shape index (κ3) is 5.82. The van der Waals surface area contributed by atoms with E-state index in [1.807, 2.05) is 6.92 Å². The summed E-state index contributed by atoms with van der Waals surface area (Å²) in [7, 11) is -3.55. The minimum atomic E-state index is -3.55. The predicted octanol–water partition coefficient (Wildman–Crippen LogP) is 2.92. The maximum atomic E-state index is 13.5. The van der Waals surface area contributed by atoms with E-state index in [1.165, 1.54) is 42.5 Å². The number of halogens is 1. The number of carbonyl (C=O) groups excluding carboxylic acids is 1. The van der Waals surface area contributed by atoms with Gasteiger partial charge in [0.15, 0.2) is 6.61 Å². The molecule has 2 rings (SSSR count). The van der Waals surface area contributed by atoms with Crippen molar-refractivity contribution < 1.29 is 22.3 Å². The van der Waals surface area contributed by atoms with Crippen molar-refractivity contribution in [3.8, 4) is 5.75 Å². The lowest BCUT2D eigenvalue weighted by molar-refractivity contribution is -0.118. The summed E-state index contributed by atoms with van der Waals surface area (Å²) in [5, 5.41) is 2.40. The van der Waals surface area contributed by atoms with Crippen molar-refractivity contribution in [3.63, 3.8) is 0 Å². The van der Waals surface area contributed by atoms with Gasteiger partial charge in [0.1, 0.15) is 11.6 Å². The van der Waals surface area contributed by atoms with E-state index in [0.29, 0.717) is 12.3 Å². The second-order valence-corrected chi connectivity index (χ2v) is 7.31. The van der Waals surface area contributed by atoms with Gasteiger partial charge in [-0.3, -0.25) is 4.79 Å². The molecular weight excluding hydrogens is 359 g/mol. The van der Waals surface area contributed by atoms with Crippen LogP contribution >= 0.6 is 0 Å². The smallest absolute Gasteiger partial charge is 0.262 e. The van der Waals surface area contributed by atoms with E-state index >= 15 is 0 Å². The first-order valence-corrected chi connectivity index (χ1v) is 9.67. The van der Waals surface area contributed by atoms with Gasteiger partial charge in [-0.25, -0.2) is 17.5 Å². The summed E-state index contributed by atoms with van der Waals surface area (Å²) in [6.07, 6.45) is 1.65. The maximum absolute atomic E-state index is 13.5. The molecule has 0 bridgehead atoms. The number of anilines is 1. The van der Waals surface area contributed by atoms with Gasteiger partial charge in [0, 0.05) is 6.54 Å². The Hall–Kier alpha value is -2.45. The van der Waals surface area contributed by atoms with Gasteiger partial charge in [-0.1, -0.05) is 25.5 Å². The number of benzene rings is 2. The standard InChI is InChI=1S/C18H21FN2O4S/c1-2-3-12-20-26(23,24)15-10-8-14(9-11-15)25-13-18(22)21-17-7-5-4-6-16(17)19/h4-11,20H,2-3,12-13H2,1H3,(H,21,22). The Kier molecular flexibility index (Phi) is 7.11. The molecule has 0 aliphatic heterocycles. The summed E-state index contributed by atoms with van der Waals surface area (Å²) in [5.41, 5.74) is 0.0701. The van der Waals surface area contributed by atoms with Crippen LogP contribution in [0.3, 0.4) is 0 Å². The Morgan fingerprint density at radius 3 is 2.46 bits per heavy atom. The molecule has 0 atom stereocenters. The van der Waals surface area contributed by atoms with Crippen molar-refractivity contribution >= 4 is 21.6 Å². The highest BCUT2D eigenvalue weighted by Crippen LogP contribution is 2.16. The number of nitrogens with one attached hydrogen (secondary N) is 2. The number of hydrogen-bond acceptors (Lipinski definition) is 4. The van der Waals surface area contributed by atoms with Crippen LogP contribution in [0.4, 0.5) is 10.1 Å². The molecule has 0 aromatic heterocycles. The van der Waals surface area contributed by atoms with Crippen molar-refractivity contribution in [3.05, 3.63) is 54.3 Å². The number of para-hydroxylation sites is 1. The monoisotopic (exact) mass is 380 g/mol. The van der Waals surface area contributed by atoms with Crippen LogP contribution in [0.25, 0.3) is 0 Å². The van der Waals surface area contributed by atoms with Crippen molar-refractivity contribution in [2.75, 3.05) is 18.5 Å². The number of amides is 1. The molecule has 0 heterocycles. The summed E-state index contributed by atoms with van der Waals surface area (Å²) >= 11 is 0. The van der Waals surface area contributed by atoms with Crippen molar-refractivity contribution in [1.29, 1.82) is 0 Å². The second kappa shape index (κ2) is 9.30. The number of carbonyl (C=O) groups is 1. The Labute approximate surface area is 152 Å². The Morgan fingerprint density at radius 2 is 1.81 bits per heavy atom. The fourth-order valence-electron chi connectivity index (χ4n) is 2.08. The van der Waals surface area contributed by atoms with Gasteiger partial charge >= 0.3 is 0 Å². The third-order valence-electron chi connectivity index (χ3n) is 3.47. The number of ether oxygens (including phenoxy) is 1. The Morgan fingerprint density at radius 1 is 1.12 bits per heavy atom. The van der Waals surface area contributed by atoms with Gasteiger partial charge < -0.3 is 10.1 Å². The molecule has 0 unspecified atom stereocenters. The van der Waals surface area contributed by atoms with Crippen LogP contribution in [0.5, 0.6) is 5.75 Å². The fraction of sp³-hybridized carbons (Fsp3) is 0.278. The highest BCUT2D eigenvalue weighted by Gasteiger charge is 2.13. The molecule has 2 aromatic rings. The van der Waals surface area contributed by atoms with E-state index in [1.54, 1.807) is 6.07 Å². The molecule has 0 saturated heterocycles. The molecule has 0 aliphatic rings. The Bertz CT molecular complexity index is 839. The van der Waals surface area contributed by atoms with Gasteiger partial charge in [-0.2, -0.15) is 0 Å². The topological polar surface area (TPSA) is 84.5 Å². The summed E-state index contributed by atoms with van der Waals surface area (Å²) in [4.78, 5) is 11.9. The molecule has 8 heteroatoms. The molecule has 6 nitrogen and oxygen atoms in total. The van der Waals surface area contributed by atoms with E-state index < -0.39 is 21.7 Å². The van der Waals surface area contributed by atoms with E-state index in [9.17, 15) is 17.6 Å². The summed E-state index contributed by atoms with van der Waals surface area (Å²) < 4.78 is 45.4. The molecule has 2 aromatic carbocycles. The largest absolute Gasteiger partial charge is 0.484 e. The average Bonchev–Trinajstić information content (AvgIpc) is 2.62. The molecule has 0 radical (unpaired) electrons. The average molecular weight is 380 g/mol. The molecule has 0 fully saturated rings. The Balaban J connectivity index is 1.89. The van der Waals surface area contributed by atoms with Gasteiger partial charge in [0.25, 0.3) is 5.91 Å². The first kappa shape index (κ1) is 19.9. The van der Waals surface area contributed by atoms with Gasteiger partial charge in [-0.15, -0.1) is 0 Å². The van der Waals surface area contributed by atoms with Crippen LogP contribution in [0.2, 0.25) is 0 Å². The number of rotatable bonds is 9. The molecule has 140 valence electrons. The zero-order valence-corrected chi connectivity index (χ0v) is 15.2. The molecule has 0 aliphatic carbocycles. The predicted molar refractivity (Wildman–Crippen MR) is 97.1 cm³/mol. The molecule has 2 N–H and O–H groups in total. The zero-order chi connectivity index (χ0) is 19.0. The highest BCUT2D eigenvalue weighted by molar-refractivity contribution is 7.89. The van der Waals surface area contributed by atoms with Crippen LogP contribution in [-0.4, -0.2) is 27.5 Å².